The molecule has 108 valence electrons. The summed E-state index contributed by atoms with van der Waals surface area (Å²) in [5.74, 6) is 0.697. The largest absolute Gasteiger partial charge is 0.486 e. The van der Waals surface area contributed by atoms with Gasteiger partial charge in [-0.3, -0.25) is 0 Å². The summed E-state index contributed by atoms with van der Waals surface area (Å²) in [4.78, 5) is 4.16. The van der Waals surface area contributed by atoms with Crippen LogP contribution < -0.4 is 10.1 Å². The summed E-state index contributed by atoms with van der Waals surface area (Å²) in [6, 6.07) is 6.21. The second-order valence-electron chi connectivity index (χ2n) is 4.97. The Bertz CT molecular complexity index is 566. The van der Waals surface area contributed by atoms with Crippen molar-refractivity contribution < 1.29 is 4.74 Å². The molecule has 0 unspecified atom stereocenters. The van der Waals surface area contributed by atoms with Crippen LogP contribution in [-0.2, 0) is 13.2 Å². The van der Waals surface area contributed by atoms with Gasteiger partial charge in [-0.05, 0) is 38.6 Å². The molecule has 0 spiro atoms. The monoisotopic (exact) mass is 293 g/mol. The van der Waals surface area contributed by atoms with Gasteiger partial charge in [-0.1, -0.05) is 17.7 Å². The van der Waals surface area contributed by atoms with Crippen LogP contribution >= 0.6 is 11.6 Å². The molecule has 0 fully saturated rings. The Labute approximate surface area is 124 Å². The predicted octanol–water partition coefficient (Wildman–Crippen LogP) is 3.42. The smallest absolute Gasteiger partial charge is 0.138 e. The molecule has 0 bridgehead atoms. The summed E-state index contributed by atoms with van der Waals surface area (Å²) in [7, 11) is 1.91. The van der Waals surface area contributed by atoms with E-state index in [1.54, 1.807) is 0 Å². The Hall–Kier alpha value is -1.52. The van der Waals surface area contributed by atoms with Crippen LogP contribution in [-0.4, -0.2) is 16.6 Å². The number of hydrogen-bond acceptors (Lipinski definition) is 3. The molecule has 2 aromatic rings. The molecule has 5 heteroatoms. The molecule has 2 rings (SSSR count). The van der Waals surface area contributed by atoms with E-state index in [0.717, 1.165) is 17.8 Å². The van der Waals surface area contributed by atoms with Crippen LogP contribution in [0.1, 0.15) is 31.1 Å². The Kier molecular flexibility index (Phi) is 5.04. The minimum absolute atomic E-state index is 0.365. The van der Waals surface area contributed by atoms with Crippen molar-refractivity contribution in [3.8, 4) is 5.75 Å². The topological polar surface area (TPSA) is 39.1 Å². The first-order valence-electron chi connectivity index (χ1n) is 6.68. The van der Waals surface area contributed by atoms with Gasteiger partial charge in [-0.15, -0.1) is 0 Å². The number of ether oxygens (including phenoxy) is 1. The van der Waals surface area contributed by atoms with E-state index in [1.807, 2.05) is 37.8 Å². The molecule has 1 aromatic heterocycles. The van der Waals surface area contributed by atoms with Gasteiger partial charge in [0.25, 0.3) is 0 Å². The number of halogens is 1. The van der Waals surface area contributed by atoms with Crippen molar-refractivity contribution in [2.75, 3.05) is 7.05 Å². The summed E-state index contributed by atoms with van der Waals surface area (Å²) in [6.07, 6.45) is 3.64. The average Bonchev–Trinajstić information content (AvgIpc) is 2.86. The summed E-state index contributed by atoms with van der Waals surface area (Å²) in [5, 5.41) is 3.73. The Morgan fingerprint density at radius 2 is 2.20 bits per heavy atom. The summed E-state index contributed by atoms with van der Waals surface area (Å²) >= 11 is 6.23. The van der Waals surface area contributed by atoms with Gasteiger partial charge < -0.3 is 14.6 Å². The van der Waals surface area contributed by atoms with Crippen molar-refractivity contribution in [3.63, 3.8) is 0 Å². The highest BCUT2D eigenvalue weighted by Gasteiger charge is 2.08. The van der Waals surface area contributed by atoms with Crippen LogP contribution in [0.15, 0.2) is 30.7 Å². The highest BCUT2D eigenvalue weighted by Crippen LogP contribution is 2.26. The molecule has 0 aliphatic rings. The average molecular weight is 294 g/mol. The SMILES string of the molecule is CNCc1ccc(OCc2cncn2C(C)C)c(Cl)c1. The van der Waals surface area contributed by atoms with Crippen LogP contribution in [0.25, 0.3) is 0 Å². The first-order valence-corrected chi connectivity index (χ1v) is 7.06. The molecule has 0 amide bonds. The van der Waals surface area contributed by atoms with Crippen LogP contribution in [0.3, 0.4) is 0 Å². The zero-order valence-corrected chi connectivity index (χ0v) is 12.8. The fraction of sp³-hybridized carbons (Fsp3) is 0.400. The fourth-order valence-electron chi connectivity index (χ4n) is 2.04. The molecule has 1 N–H and O–H groups in total. The third kappa shape index (κ3) is 3.52. The number of aromatic nitrogens is 2. The van der Waals surface area contributed by atoms with E-state index in [2.05, 4.69) is 28.7 Å². The highest BCUT2D eigenvalue weighted by atomic mass is 35.5. The Morgan fingerprint density at radius 3 is 2.85 bits per heavy atom. The maximum absolute atomic E-state index is 6.23. The molecule has 0 aliphatic heterocycles. The number of nitrogens with one attached hydrogen (secondary N) is 1. The Morgan fingerprint density at radius 1 is 1.40 bits per heavy atom. The van der Waals surface area contributed by atoms with Gasteiger partial charge >= 0.3 is 0 Å². The Balaban J connectivity index is 2.05. The molecule has 20 heavy (non-hydrogen) atoms. The van der Waals surface area contributed by atoms with Crippen molar-refractivity contribution in [2.24, 2.45) is 0 Å². The molecule has 0 saturated carbocycles. The van der Waals surface area contributed by atoms with Gasteiger partial charge in [-0.25, -0.2) is 4.98 Å². The standard InChI is InChI=1S/C15H20ClN3O/c1-11(2)19-10-18-8-13(19)9-20-15-5-4-12(7-17-3)6-14(15)16/h4-6,8,10-11,17H,7,9H2,1-3H3. The maximum Gasteiger partial charge on any atom is 0.138 e. The van der Waals surface area contributed by atoms with Gasteiger partial charge in [0.05, 0.1) is 23.2 Å². The minimum atomic E-state index is 0.365. The number of hydrogen-bond donors (Lipinski definition) is 1. The molecule has 4 nitrogen and oxygen atoms in total. The number of benzene rings is 1. The van der Waals surface area contributed by atoms with Crippen molar-refractivity contribution in [1.82, 2.24) is 14.9 Å². The third-order valence-corrected chi connectivity index (χ3v) is 3.35. The predicted molar refractivity (Wildman–Crippen MR) is 81.2 cm³/mol. The lowest BCUT2D eigenvalue weighted by molar-refractivity contribution is 0.292. The molecular formula is C15H20ClN3O. The molecule has 1 aromatic carbocycles. The lowest BCUT2D eigenvalue weighted by atomic mass is 10.2. The molecule has 0 saturated heterocycles. The van der Waals surface area contributed by atoms with Gasteiger partial charge in [0.15, 0.2) is 0 Å². The van der Waals surface area contributed by atoms with E-state index in [-0.39, 0.29) is 0 Å². The van der Waals surface area contributed by atoms with E-state index >= 15 is 0 Å². The lowest BCUT2D eigenvalue weighted by Crippen LogP contribution is -2.08. The van der Waals surface area contributed by atoms with E-state index in [1.165, 1.54) is 0 Å². The van der Waals surface area contributed by atoms with Crippen molar-refractivity contribution in [1.29, 1.82) is 0 Å². The van der Waals surface area contributed by atoms with Gasteiger partial charge in [0.2, 0.25) is 0 Å². The first kappa shape index (κ1) is 14.9. The number of rotatable bonds is 6. The van der Waals surface area contributed by atoms with Crippen molar-refractivity contribution in [2.45, 2.75) is 33.0 Å². The number of nitrogens with zero attached hydrogens (tertiary/aromatic N) is 2. The van der Waals surface area contributed by atoms with E-state index < -0.39 is 0 Å². The van der Waals surface area contributed by atoms with Crippen LogP contribution in [0.5, 0.6) is 5.75 Å². The minimum Gasteiger partial charge on any atom is -0.486 e. The second-order valence-corrected chi connectivity index (χ2v) is 5.38. The lowest BCUT2D eigenvalue weighted by Gasteiger charge is -2.13. The summed E-state index contributed by atoms with van der Waals surface area (Å²) in [5.41, 5.74) is 2.17. The molecule has 0 aliphatic carbocycles. The normalized spacial score (nSPS) is 11.1. The molecule has 1 heterocycles. The fourth-order valence-corrected chi connectivity index (χ4v) is 2.29. The summed E-state index contributed by atoms with van der Waals surface area (Å²) in [6.45, 7) is 5.48. The van der Waals surface area contributed by atoms with Crippen molar-refractivity contribution >= 4 is 11.6 Å². The zero-order chi connectivity index (χ0) is 14.5. The van der Waals surface area contributed by atoms with Gasteiger partial charge in [0, 0.05) is 12.6 Å². The summed E-state index contributed by atoms with van der Waals surface area (Å²) < 4.78 is 7.88. The third-order valence-electron chi connectivity index (χ3n) is 3.06. The van der Waals surface area contributed by atoms with Gasteiger partial charge in [-0.2, -0.15) is 0 Å². The van der Waals surface area contributed by atoms with E-state index in [4.69, 9.17) is 16.3 Å². The maximum atomic E-state index is 6.23. The molecular weight excluding hydrogens is 274 g/mol. The second kappa shape index (κ2) is 6.77. The molecule has 0 radical (unpaired) electrons. The van der Waals surface area contributed by atoms with Crippen molar-refractivity contribution in [3.05, 3.63) is 47.0 Å². The van der Waals surface area contributed by atoms with E-state index in [0.29, 0.717) is 23.4 Å². The zero-order valence-electron chi connectivity index (χ0n) is 12.1. The highest BCUT2D eigenvalue weighted by molar-refractivity contribution is 6.32. The quantitative estimate of drug-likeness (QED) is 0.887. The first-order chi connectivity index (χ1) is 9.61. The van der Waals surface area contributed by atoms with E-state index in [9.17, 15) is 0 Å². The van der Waals surface area contributed by atoms with Crippen LogP contribution in [0.2, 0.25) is 5.02 Å². The van der Waals surface area contributed by atoms with Crippen LogP contribution in [0, 0.1) is 0 Å². The number of imidazole rings is 1. The molecule has 0 atom stereocenters. The van der Waals surface area contributed by atoms with Crippen LogP contribution in [0.4, 0.5) is 0 Å². The van der Waals surface area contributed by atoms with Gasteiger partial charge in [0.1, 0.15) is 12.4 Å².